The van der Waals surface area contributed by atoms with E-state index in [2.05, 4.69) is 9.97 Å². The van der Waals surface area contributed by atoms with E-state index in [1.165, 1.54) is 18.3 Å². The van der Waals surface area contributed by atoms with Crippen LogP contribution >= 0.6 is 11.6 Å². The SMILES string of the molecule is NC(=O)c1cnc([CH]c2ccc(F)c(OCc3ccccc3)c2)c(Cl)n1. The second-order valence-corrected chi connectivity index (χ2v) is 5.76. The molecule has 0 saturated heterocycles. The van der Waals surface area contributed by atoms with Crippen molar-refractivity contribution in [2.24, 2.45) is 5.73 Å². The number of ether oxygens (including phenoxy) is 1. The Morgan fingerprint density at radius 1 is 1.23 bits per heavy atom. The van der Waals surface area contributed by atoms with Gasteiger partial charge in [-0.25, -0.2) is 9.37 Å². The summed E-state index contributed by atoms with van der Waals surface area (Å²) in [4.78, 5) is 19.0. The normalized spacial score (nSPS) is 10.5. The van der Waals surface area contributed by atoms with E-state index in [-0.39, 0.29) is 23.2 Å². The van der Waals surface area contributed by atoms with E-state index in [0.717, 1.165) is 5.56 Å². The fourth-order valence-corrected chi connectivity index (χ4v) is 2.40. The van der Waals surface area contributed by atoms with E-state index in [4.69, 9.17) is 22.1 Å². The molecule has 0 aliphatic carbocycles. The largest absolute Gasteiger partial charge is 0.486 e. The fourth-order valence-electron chi connectivity index (χ4n) is 2.20. The van der Waals surface area contributed by atoms with Crippen molar-refractivity contribution < 1.29 is 13.9 Å². The Balaban J connectivity index is 1.76. The van der Waals surface area contributed by atoms with Crippen molar-refractivity contribution in [2.75, 3.05) is 0 Å². The van der Waals surface area contributed by atoms with Crippen LogP contribution in [0.15, 0.2) is 54.7 Å². The maximum atomic E-state index is 14.0. The first-order valence-corrected chi connectivity index (χ1v) is 8.04. The topological polar surface area (TPSA) is 78.1 Å². The Morgan fingerprint density at radius 2 is 2.00 bits per heavy atom. The lowest BCUT2D eigenvalue weighted by molar-refractivity contribution is 0.0995. The maximum Gasteiger partial charge on any atom is 0.268 e. The molecule has 0 saturated carbocycles. The van der Waals surface area contributed by atoms with Crippen molar-refractivity contribution in [3.63, 3.8) is 0 Å². The van der Waals surface area contributed by atoms with Crippen LogP contribution in [0.25, 0.3) is 0 Å². The molecule has 1 radical (unpaired) electrons. The minimum atomic E-state index is -0.718. The minimum absolute atomic E-state index is 0.0254. The summed E-state index contributed by atoms with van der Waals surface area (Å²) in [5.41, 5.74) is 6.99. The molecule has 7 heteroatoms. The van der Waals surface area contributed by atoms with Gasteiger partial charge in [0.1, 0.15) is 12.3 Å². The summed E-state index contributed by atoms with van der Waals surface area (Å²) in [6.45, 7) is 0.245. The molecule has 0 bridgehead atoms. The van der Waals surface area contributed by atoms with Crippen LogP contribution in [0.1, 0.15) is 27.3 Å². The van der Waals surface area contributed by atoms with Gasteiger partial charge in [0, 0.05) is 6.42 Å². The average molecular weight is 371 g/mol. The van der Waals surface area contributed by atoms with Crippen LogP contribution in [-0.4, -0.2) is 15.9 Å². The molecule has 0 unspecified atom stereocenters. The van der Waals surface area contributed by atoms with Crippen LogP contribution in [0.3, 0.4) is 0 Å². The number of hydrogen-bond acceptors (Lipinski definition) is 4. The number of carbonyl (C=O) groups is 1. The van der Waals surface area contributed by atoms with Gasteiger partial charge in [-0.15, -0.1) is 0 Å². The Bertz CT molecular complexity index is 935. The summed E-state index contributed by atoms with van der Waals surface area (Å²) in [6.07, 6.45) is 2.84. The third-order valence-electron chi connectivity index (χ3n) is 3.50. The lowest BCUT2D eigenvalue weighted by Gasteiger charge is -2.10. The first-order chi connectivity index (χ1) is 12.5. The van der Waals surface area contributed by atoms with Gasteiger partial charge < -0.3 is 10.5 Å². The quantitative estimate of drug-likeness (QED) is 0.719. The van der Waals surface area contributed by atoms with Crippen LogP contribution < -0.4 is 10.5 Å². The molecule has 3 aromatic rings. The number of amides is 1. The van der Waals surface area contributed by atoms with Gasteiger partial charge in [-0.05, 0) is 23.3 Å². The van der Waals surface area contributed by atoms with Crippen molar-refractivity contribution >= 4 is 17.5 Å². The highest BCUT2D eigenvalue weighted by Crippen LogP contribution is 2.24. The van der Waals surface area contributed by atoms with Crippen molar-refractivity contribution in [1.29, 1.82) is 0 Å². The van der Waals surface area contributed by atoms with Crippen molar-refractivity contribution in [3.8, 4) is 5.75 Å². The molecule has 0 aliphatic heterocycles. The third kappa shape index (κ3) is 4.34. The smallest absolute Gasteiger partial charge is 0.268 e. The molecule has 2 aromatic carbocycles. The van der Waals surface area contributed by atoms with Crippen LogP contribution in [0.5, 0.6) is 5.75 Å². The molecule has 26 heavy (non-hydrogen) atoms. The third-order valence-corrected chi connectivity index (χ3v) is 3.78. The molecular weight excluding hydrogens is 357 g/mol. The van der Waals surface area contributed by atoms with Crippen molar-refractivity contribution in [2.45, 2.75) is 6.61 Å². The lowest BCUT2D eigenvalue weighted by atomic mass is 10.1. The van der Waals surface area contributed by atoms with Gasteiger partial charge in [0.2, 0.25) is 0 Å². The van der Waals surface area contributed by atoms with Gasteiger partial charge in [-0.1, -0.05) is 48.0 Å². The Kier molecular flexibility index (Phi) is 5.43. The highest BCUT2D eigenvalue weighted by atomic mass is 35.5. The number of aromatic nitrogens is 2. The molecule has 2 N–H and O–H groups in total. The Morgan fingerprint density at radius 3 is 2.69 bits per heavy atom. The molecule has 5 nitrogen and oxygen atoms in total. The molecular formula is C19H14ClFN3O2. The molecule has 1 aromatic heterocycles. The molecule has 0 aliphatic rings. The van der Waals surface area contributed by atoms with Gasteiger partial charge in [0.15, 0.2) is 16.7 Å². The van der Waals surface area contributed by atoms with E-state index in [0.29, 0.717) is 11.3 Å². The van der Waals surface area contributed by atoms with E-state index in [1.807, 2.05) is 30.3 Å². The average Bonchev–Trinajstić information content (AvgIpc) is 2.64. The van der Waals surface area contributed by atoms with Crippen LogP contribution in [0.2, 0.25) is 5.15 Å². The number of hydrogen-bond donors (Lipinski definition) is 1. The first kappa shape index (κ1) is 17.8. The minimum Gasteiger partial charge on any atom is -0.486 e. The molecule has 0 atom stereocenters. The highest BCUT2D eigenvalue weighted by molar-refractivity contribution is 6.30. The Hall–Kier alpha value is -2.99. The van der Waals surface area contributed by atoms with Gasteiger partial charge in [0.25, 0.3) is 5.91 Å². The number of rotatable bonds is 6. The van der Waals surface area contributed by atoms with E-state index in [1.54, 1.807) is 12.5 Å². The van der Waals surface area contributed by atoms with Crippen LogP contribution in [-0.2, 0) is 6.61 Å². The van der Waals surface area contributed by atoms with E-state index >= 15 is 0 Å². The maximum absolute atomic E-state index is 14.0. The summed E-state index contributed by atoms with van der Waals surface area (Å²) in [7, 11) is 0. The molecule has 0 fully saturated rings. The zero-order valence-corrected chi connectivity index (χ0v) is 14.3. The number of primary amides is 1. The predicted molar refractivity (Wildman–Crippen MR) is 95.2 cm³/mol. The van der Waals surface area contributed by atoms with Crippen LogP contribution in [0, 0.1) is 12.2 Å². The summed E-state index contributed by atoms with van der Waals surface area (Å²) in [5, 5.41) is 0.0254. The van der Waals surface area contributed by atoms with Crippen molar-refractivity contribution in [3.05, 3.63) is 94.6 Å². The molecule has 1 amide bonds. The zero-order chi connectivity index (χ0) is 18.5. The monoisotopic (exact) mass is 370 g/mol. The summed E-state index contributed by atoms with van der Waals surface area (Å²) in [6, 6.07) is 13.8. The van der Waals surface area contributed by atoms with Crippen LogP contribution in [0.4, 0.5) is 4.39 Å². The first-order valence-electron chi connectivity index (χ1n) is 7.66. The van der Waals surface area contributed by atoms with Gasteiger partial charge >= 0.3 is 0 Å². The highest BCUT2D eigenvalue weighted by Gasteiger charge is 2.12. The van der Waals surface area contributed by atoms with Gasteiger partial charge in [0.05, 0.1) is 11.9 Å². The number of nitrogens with two attached hydrogens (primary N) is 1. The number of halogens is 2. The summed E-state index contributed by atoms with van der Waals surface area (Å²) < 4.78 is 19.5. The molecule has 0 spiro atoms. The van der Waals surface area contributed by atoms with Crippen molar-refractivity contribution in [1.82, 2.24) is 9.97 Å². The summed E-state index contributed by atoms with van der Waals surface area (Å²) in [5.74, 6) is -1.08. The van der Waals surface area contributed by atoms with E-state index < -0.39 is 11.7 Å². The Labute approximate surface area is 154 Å². The van der Waals surface area contributed by atoms with Gasteiger partial charge in [-0.3, -0.25) is 9.78 Å². The number of carbonyl (C=O) groups excluding carboxylic acids is 1. The number of benzene rings is 2. The zero-order valence-electron chi connectivity index (χ0n) is 13.5. The predicted octanol–water partition coefficient (Wildman–Crippen LogP) is 3.55. The molecule has 1 heterocycles. The number of nitrogens with zero attached hydrogens (tertiary/aromatic N) is 2. The molecule has 3 rings (SSSR count). The summed E-state index contributed by atoms with van der Waals surface area (Å²) >= 11 is 6.02. The van der Waals surface area contributed by atoms with E-state index in [9.17, 15) is 9.18 Å². The standard InChI is InChI=1S/C19H14ClFN3O2/c20-18-15(23-10-16(24-18)19(22)25)8-13-6-7-14(21)17(9-13)26-11-12-4-2-1-3-5-12/h1-10H,11H2,(H2,22,25). The fraction of sp³-hybridized carbons (Fsp3) is 0.0526. The molecule has 131 valence electrons. The van der Waals surface area contributed by atoms with Gasteiger partial charge in [-0.2, -0.15) is 0 Å². The second-order valence-electron chi connectivity index (χ2n) is 5.40. The lowest BCUT2D eigenvalue weighted by Crippen LogP contribution is -2.14. The second kappa shape index (κ2) is 7.93.